The van der Waals surface area contributed by atoms with Crippen molar-refractivity contribution in [2.24, 2.45) is 0 Å². The van der Waals surface area contributed by atoms with Gasteiger partial charge in [-0.05, 0) is 20.3 Å². The second-order valence-electron chi connectivity index (χ2n) is 4.00. The molecule has 0 amide bonds. The van der Waals surface area contributed by atoms with Crippen molar-refractivity contribution in [3.05, 3.63) is 44.2 Å². The van der Waals surface area contributed by atoms with Crippen molar-refractivity contribution in [1.29, 1.82) is 0 Å². The number of H-pyrrole nitrogens is 1. The van der Waals surface area contributed by atoms with Crippen LogP contribution in [0.5, 0.6) is 0 Å². The zero-order valence-corrected chi connectivity index (χ0v) is 11.5. The number of aromatic amines is 1. The van der Waals surface area contributed by atoms with Gasteiger partial charge in [0.1, 0.15) is 12.8 Å². The molecule has 1 atom stereocenters. The highest BCUT2D eigenvalue weighted by atomic mass is 16.5. The maximum atomic E-state index is 11.8. The Morgan fingerprint density at radius 3 is 2.63 bits per heavy atom. The van der Waals surface area contributed by atoms with E-state index in [-0.39, 0.29) is 6.73 Å². The van der Waals surface area contributed by atoms with Gasteiger partial charge >= 0.3 is 5.69 Å². The molecule has 0 aliphatic rings. The normalized spacial score (nSPS) is 13.1. The van der Waals surface area contributed by atoms with Crippen molar-refractivity contribution < 1.29 is 9.84 Å². The SMILES string of the molecule is C/C=C/C(O)c1c(CC)c(=O)[nH]c(=O)n1COCC. The smallest absolute Gasteiger partial charge is 0.330 e. The molecule has 0 fully saturated rings. The van der Waals surface area contributed by atoms with Gasteiger partial charge in [0.2, 0.25) is 0 Å². The van der Waals surface area contributed by atoms with Gasteiger partial charge in [0.15, 0.2) is 0 Å². The molecule has 0 aliphatic carbocycles. The molecule has 0 radical (unpaired) electrons. The molecule has 2 N–H and O–H groups in total. The maximum absolute atomic E-state index is 11.8. The Bertz CT molecular complexity index is 557. The summed E-state index contributed by atoms with van der Waals surface area (Å²) in [5.74, 6) is 0. The van der Waals surface area contributed by atoms with Crippen LogP contribution in [0, 0.1) is 0 Å². The van der Waals surface area contributed by atoms with E-state index in [2.05, 4.69) is 4.98 Å². The molecule has 0 saturated heterocycles. The average molecular weight is 268 g/mol. The molecular weight excluding hydrogens is 248 g/mol. The molecule has 1 rings (SSSR count). The molecule has 6 nitrogen and oxygen atoms in total. The van der Waals surface area contributed by atoms with Gasteiger partial charge in [-0.2, -0.15) is 0 Å². The lowest BCUT2D eigenvalue weighted by atomic mass is 10.1. The van der Waals surface area contributed by atoms with Crippen molar-refractivity contribution >= 4 is 0 Å². The number of hydrogen-bond acceptors (Lipinski definition) is 4. The van der Waals surface area contributed by atoms with Gasteiger partial charge in [0, 0.05) is 12.2 Å². The van der Waals surface area contributed by atoms with Gasteiger partial charge in [-0.15, -0.1) is 0 Å². The zero-order chi connectivity index (χ0) is 14.4. The minimum absolute atomic E-state index is 0.00304. The van der Waals surface area contributed by atoms with E-state index in [1.165, 1.54) is 10.6 Å². The van der Waals surface area contributed by atoms with E-state index < -0.39 is 17.4 Å². The number of aromatic nitrogens is 2. The first-order valence-corrected chi connectivity index (χ1v) is 6.31. The number of rotatable bonds is 6. The topological polar surface area (TPSA) is 84.3 Å². The molecule has 0 aliphatic heterocycles. The second-order valence-corrected chi connectivity index (χ2v) is 4.00. The van der Waals surface area contributed by atoms with E-state index >= 15 is 0 Å². The quantitative estimate of drug-likeness (QED) is 0.744. The van der Waals surface area contributed by atoms with Gasteiger partial charge in [-0.25, -0.2) is 4.79 Å². The zero-order valence-electron chi connectivity index (χ0n) is 11.5. The molecule has 1 aromatic rings. The Morgan fingerprint density at radius 1 is 1.42 bits per heavy atom. The average Bonchev–Trinajstić information content (AvgIpc) is 2.37. The van der Waals surface area contributed by atoms with Crippen LogP contribution in [0.3, 0.4) is 0 Å². The van der Waals surface area contributed by atoms with Gasteiger partial charge in [0.05, 0.1) is 5.69 Å². The largest absolute Gasteiger partial charge is 0.383 e. The number of nitrogens with zero attached hydrogens (tertiary/aromatic N) is 1. The summed E-state index contributed by atoms with van der Waals surface area (Å²) in [5, 5.41) is 10.1. The Morgan fingerprint density at radius 2 is 2.11 bits per heavy atom. The number of allylic oxidation sites excluding steroid dienone is 1. The Labute approximate surface area is 111 Å². The molecule has 0 aromatic carbocycles. The lowest BCUT2D eigenvalue weighted by molar-refractivity contribution is 0.0758. The standard InChI is InChI=1S/C13H20N2O4/c1-4-7-10(16)11-9(5-2)12(17)14-13(18)15(11)8-19-6-3/h4,7,10,16H,5-6,8H2,1-3H3,(H,14,17,18)/b7-4+. The third-order valence-electron chi connectivity index (χ3n) is 2.77. The van der Waals surface area contributed by atoms with Crippen LogP contribution in [0.25, 0.3) is 0 Å². The third kappa shape index (κ3) is 3.42. The second kappa shape index (κ2) is 7.06. The van der Waals surface area contributed by atoms with Gasteiger partial charge in [0.25, 0.3) is 5.56 Å². The fourth-order valence-corrected chi connectivity index (χ4v) is 1.89. The van der Waals surface area contributed by atoms with Gasteiger partial charge < -0.3 is 9.84 Å². The summed E-state index contributed by atoms with van der Waals surface area (Å²) in [7, 11) is 0. The minimum atomic E-state index is -1.00. The van der Waals surface area contributed by atoms with Crippen molar-refractivity contribution in [2.45, 2.75) is 40.0 Å². The van der Waals surface area contributed by atoms with E-state index in [0.29, 0.717) is 24.3 Å². The molecule has 1 unspecified atom stereocenters. The Balaban J connectivity index is 3.50. The van der Waals surface area contributed by atoms with E-state index in [4.69, 9.17) is 4.74 Å². The molecule has 1 aromatic heterocycles. The molecule has 6 heteroatoms. The van der Waals surface area contributed by atoms with E-state index in [0.717, 1.165) is 0 Å². The molecule has 0 spiro atoms. The molecule has 1 heterocycles. The molecule has 106 valence electrons. The lowest BCUT2D eigenvalue weighted by Crippen LogP contribution is -2.36. The highest BCUT2D eigenvalue weighted by Gasteiger charge is 2.18. The molecule has 0 bridgehead atoms. The van der Waals surface area contributed by atoms with Crippen molar-refractivity contribution in [2.75, 3.05) is 6.61 Å². The van der Waals surface area contributed by atoms with Crippen LogP contribution in [-0.4, -0.2) is 21.3 Å². The number of aliphatic hydroxyl groups excluding tert-OH is 1. The molecule has 0 saturated carbocycles. The lowest BCUT2D eigenvalue weighted by Gasteiger charge is -2.17. The van der Waals surface area contributed by atoms with Crippen LogP contribution in [0.4, 0.5) is 0 Å². The fourth-order valence-electron chi connectivity index (χ4n) is 1.89. The predicted octanol–water partition coefficient (Wildman–Crippen LogP) is 0.702. The van der Waals surface area contributed by atoms with Crippen LogP contribution in [0.1, 0.15) is 38.1 Å². The first-order chi connectivity index (χ1) is 9.06. The first-order valence-electron chi connectivity index (χ1n) is 6.31. The van der Waals surface area contributed by atoms with Crippen LogP contribution >= 0.6 is 0 Å². The van der Waals surface area contributed by atoms with Crippen LogP contribution in [-0.2, 0) is 17.9 Å². The monoisotopic (exact) mass is 268 g/mol. The number of ether oxygens (including phenoxy) is 1. The summed E-state index contributed by atoms with van der Waals surface area (Å²) < 4.78 is 6.47. The fraction of sp³-hybridized carbons (Fsp3) is 0.538. The summed E-state index contributed by atoms with van der Waals surface area (Å²) >= 11 is 0. The van der Waals surface area contributed by atoms with Gasteiger partial charge in [-0.1, -0.05) is 19.1 Å². The third-order valence-corrected chi connectivity index (χ3v) is 2.77. The van der Waals surface area contributed by atoms with E-state index in [9.17, 15) is 14.7 Å². The summed E-state index contributed by atoms with van der Waals surface area (Å²) in [5.41, 5.74) is -0.347. The van der Waals surface area contributed by atoms with Crippen LogP contribution in [0.2, 0.25) is 0 Å². The highest BCUT2D eigenvalue weighted by Crippen LogP contribution is 2.16. The maximum Gasteiger partial charge on any atom is 0.330 e. The molecular formula is C13H20N2O4. The highest BCUT2D eigenvalue weighted by molar-refractivity contribution is 5.23. The van der Waals surface area contributed by atoms with Crippen molar-refractivity contribution in [3.63, 3.8) is 0 Å². The summed E-state index contributed by atoms with van der Waals surface area (Å²) in [6.45, 7) is 5.80. The summed E-state index contributed by atoms with van der Waals surface area (Å²) in [6, 6.07) is 0. The number of aliphatic hydroxyl groups is 1. The summed E-state index contributed by atoms with van der Waals surface area (Å²) in [4.78, 5) is 25.9. The predicted molar refractivity (Wildman–Crippen MR) is 72.1 cm³/mol. The Hall–Kier alpha value is -1.66. The van der Waals surface area contributed by atoms with E-state index in [1.54, 1.807) is 26.8 Å². The van der Waals surface area contributed by atoms with E-state index in [1.807, 2.05) is 0 Å². The van der Waals surface area contributed by atoms with Crippen molar-refractivity contribution in [3.8, 4) is 0 Å². The Kier molecular flexibility index (Phi) is 5.72. The van der Waals surface area contributed by atoms with Crippen molar-refractivity contribution in [1.82, 2.24) is 9.55 Å². The number of hydrogen-bond donors (Lipinski definition) is 2. The molecule has 19 heavy (non-hydrogen) atoms. The van der Waals surface area contributed by atoms with Crippen LogP contribution in [0.15, 0.2) is 21.7 Å². The summed E-state index contributed by atoms with van der Waals surface area (Å²) in [6.07, 6.45) is 2.61. The number of nitrogens with one attached hydrogen (secondary N) is 1. The first kappa shape index (κ1) is 15.4. The van der Waals surface area contributed by atoms with Gasteiger partial charge in [-0.3, -0.25) is 14.3 Å². The minimum Gasteiger partial charge on any atom is -0.383 e. The van der Waals surface area contributed by atoms with Crippen LogP contribution < -0.4 is 11.2 Å².